The van der Waals surface area contributed by atoms with Crippen LogP contribution in [0.2, 0.25) is 0 Å². The van der Waals surface area contributed by atoms with E-state index in [1.54, 1.807) is 17.8 Å². The number of thiophene rings is 1. The van der Waals surface area contributed by atoms with Crippen molar-refractivity contribution in [3.63, 3.8) is 0 Å². The van der Waals surface area contributed by atoms with Crippen molar-refractivity contribution in [2.24, 2.45) is 4.99 Å². The molecule has 2 aromatic rings. The fraction of sp³-hybridized carbons (Fsp3) is 0.267. The summed E-state index contributed by atoms with van der Waals surface area (Å²) < 4.78 is 14.6. The van der Waals surface area contributed by atoms with Crippen LogP contribution in [0.1, 0.15) is 18.9 Å². The second-order valence-electron chi connectivity index (χ2n) is 4.80. The van der Waals surface area contributed by atoms with Crippen molar-refractivity contribution in [2.45, 2.75) is 13.3 Å². The summed E-state index contributed by atoms with van der Waals surface area (Å²) in [5.74, 6) is -0.127. The van der Waals surface area contributed by atoms with Crippen LogP contribution in [0.25, 0.3) is 15.8 Å². The van der Waals surface area contributed by atoms with Gasteiger partial charge in [0.2, 0.25) is 0 Å². The van der Waals surface area contributed by atoms with Crippen molar-refractivity contribution in [1.82, 2.24) is 4.90 Å². The summed E-state index contributed by atoms with van der Waals surface area (Å²) in [6.07, 6.45) is 0.985. The average molecular weight is 304 g/mol. The largest absolute Gasteiger partial charge is 0.318 e. The first-order chi connectivity index (χ1) is 9.79. The van der Waals surface area contributed by atoms with E-state index in [2.05, 4.69) is 16.8 Å². The first-order valence-corrected chi connectivity index (χ1v) is 8.38. The van der Waals surface area contributed by atoms with Gasteiger partial charge in [-0.1, -0.05) is 18.7 Å². The Hall–Kier alpha value is -1.33. The van der Waals surface area contributed by atoms with Gasteiger partial charge in [0, 0.05) is 22.4 Å². The number of rotatable bonds is 2. The monoisotopic (exact) mass is 304 g/mol. The Labute approximate surface area is 125 Å². The van der Waals surface area contributed by atoms with Crippen molar-refractivity contribution in [2.75, 3.05) is 13.1 Å². The zero-order chi connectivity index (χ0) is 13.7. The Balaban J connectivity index is 1.96. The van der Waals surface area contributed by atoms with E-state index in [4.69, 9.17) is 0 Å². The molecule has 20 heavy (non-hydrogen) atoms. The molecule has 0 fully saturated rings. The molecule has 4 rings (SSSR count). The van der Waals surface area contributed by atoms with Gasteiger partial charge in [0.25, 0.3) is 0 Å². The Bertz CT molecular complexity index is 760. The first-order valence-electron chi connectivity index (χ1n) is 6.68. The van der Waals surface area contributed by atoms with E-state index in [0.29, 0.717) is 0 Å². The van der Waals surface area contributed by atoms with Crippen LogP contribution in [0, 0.1) is 5.82 Å². The van der Waals surface area contributed by atoms with Crippen LogP contribution in [0.15, 0.2) is 33.5 Å². The Kier molecular flexibility index (Phi) is 2.86. The Morgan fingerprint density at radius 3 is 3.10 bits per heavy atom. The zero-order valence-electron chi connectivity index (χ0n) is 11.0. The summed E-state index contributed by atoms with van der Waals surface area (Å²) in [6.45, 7) is 3.96. The smallest absolute Gasteiger partial charge is 0.168 e. The summed E-state index contributed by atoms with van der Waals surface area (Å²) in [6, 6.07) is 5.52. The molecule has 2 aliphatic heterocycles. The predicted molar refractivity (Wildman–Crippen MR) is 85.6 cm³/mol. The van der Waals surface area contributed by atoms with Crippen LogP contribution in [-0.2, 0) is 0 Å². The molecule has 1 aromatic carbocycles. The summed E-state index contributed by atoms with van der Waals surface area (Å²) in [4.78, 5) is 8.17. The Morgan fingerprint density at radius 1 is 1.35 bits per heavy atom. The van der Waals surface area contributed by atoms with Gasteiger partial charge in [0.15, 0.2) is 5.17 Å². The van der Waals surface area contributed by atoms with Crippen LogP contribution in [0.4, 0.5) is 4.39 Å². The molecule has 102 valence electrons. The lowest BCUT2D eigenvalue weighted by molar-refractivity contribution is 0.638. The highest BCUT2D eigenvalue weighted by Crippen LogP contribution is 2.45. The van der Waals surface area contributed by atoms with Crippen LogP contribution < -0.4 is 0 Å². The Morgan fingerprint density at radius 2 is 2.25 bits per heavy atom. The number of amidine groups is 1. The van der Waals surface area contributed by atoms with Gasteiger partial charge in [0.05, 0.1) is 16.9 Å². The minimum Gasteiger partial charge on any atom is -0.318 e. The SMILES string of the molecule is CCC1=C(c2ccc(F)c3sccc23)N2CCN=C2S1. The van der Waals surface area contributed by atoms with E-state index < -0.39 is 0 Å². The minimum absolute atomic E-state index is 0.127. The highest BCUT2D eigenvalue weighted by Gasteiger charge is 2.33. The van der Waals surface area contributed by atoms with E-state index in [0.717, 1.165) is 40.3 Å². The summed E-state index contributed by atoms with van der Waals surface area (Å²) in [5.41, 5.74) is 2.37. The number of thioether (sulfide) groups is 1. The lowest BCUT2D eigenvalue weighted by Gasteiger charge is -2.18. The molecule has 3 heterocycles. The highest BCUT2D eigenvalue weighted by molar-refractivity contribution is 8.17. The normalized spacial score (nSPS) is 18.1. The fourth-order valence-corrected chi connectivity index (χ4v) is 4.76. The molecule has 0 saturated heterocycles. The van der Waals surface area contributed by atoms with Gasteiger partial charge in [0.1, 0.15) is 5.82 Å². The van der Waals surface area contributed by atoms with Crippen LogP contribution in [-0.4, -0.2) is 23.2 Å². The zero-order valence-corrected chi connectivity index (χ0v) is 12.7. The maximum Gasteiger partial charge on any atom is 0.168 e. The van der Waals surface area contributed by atoms with Gasteiger partial charge >= 0.3 is 0 Å². The first kappa shape index (κ1) is 12.4. The van der Waals surface area contributed by atoms with Gasteiger partial charge in [-0.15, -0.1) is 11.3 Å². The van der Waals surface area contributed by atoms with Gasteiger partial charge in [-0.2, -0.15) is 0 Å². The summed E-state index contributed by atoms with van der Waals surface area (Å²) in [7, 11) is 0. The topological polar surface area (TPSA) is 15.6 Å². The molecule has 2 nitrogen and oxygen atoms in total. The number of hydrogen-bond donors (Lipinski definition) is 0. The second kappa shape index (κ2) is 4.60. The predicted octanol–water partition coefficient (Wildman–Crippen LogP) is 4.54. The standard InChI is InChI=1S/C15H13FN2S2/c1-2-12-13(18-7-6-17-15(18)20-12)9-3-4-11(16)14-10(9)5-8-19-14/h3-5,8H,2,6-7H2,1H3. The molecule has 0 bridgehead atoms. The number of nitrogens with zero attached hydrogens (tertiary/aromatic N) is 2. The third-order valence-electron chi connectivity index (χ3n) is 3.69. The molecule has 0 aliphatic carbocycles. The molecule has 0 amide bonds. The minimum atomic E-state index is -0.127. The molecule has 2 aliphatic rings. The molecule has 0 N–H and O–H groups in total. The van der Waals surface area contributed by atoms with Crippen molar-refractivity contribution >= 4 is 44.0 Å². The number of benzene rings is 1. The molecular formula is C15H13FN2S2. The lowest BCUT2D eigenvalue weighted by Crippen LogP contribution is -2.20. The van der Waals surface area contributed by atoms with Gasteiger partial charge < -0.3 is 4.90 Å². The number of hydrogen-bond acceptors (Lipinski definition) is 4. The van der Waals surface area contributed by atoms with Crippen molar-refractivity contribution in [1.29, 1.82) is 0 Å². The molecule has 1 aromatic heterocycles. The third kappa shape index (κ3) is 1.66. The quantitative estimate of drug-likeness (QED) is 0.809. The van der Waals surface area contributed by atoms with E-state index in [-0.39, 0.29) is 5.82 Å². The van der Waals surface area contributed by atoms with Crippen LogP contribution in [0.3, 0.4) is 0 Å². The molecule has 0 saturated carbocycles. The van der Waals surface area contributed by atoms with E-state index in [9.17, 15) is 4.39 Å². The van der Waals surface area contributed by atoms with E-state index in [1.807, 2.05) is 17.5 Å². The lowest BCUT2D eigenvalue weighted by atomic mass is 10.1. The summed E-state index contributed by atoms with van der Waals surface area (Å²) >= 11 is 3.23. The van der Waals surface area contributed by atoms with Crippen LogP contribution >= 0.6 is 23.1 Å². The maximum atomic E-state index is 13.9. The van der Waals surface area contributed by atoms with Crippen molar-refractivity contribution in [3.05, 3.63) is 39.9 Å². The molecule has 0 atom stereocenters. The summed E-state index contributed by atoms with van der Waals surface area (Å²) in [5, 5.41) is 4.08. The molecule has 0 unspecified atom stereocenters. The van der Waals surface area contributed by atoms with Gasteiger partial charge in [-0.3, -0.25) is 4.99 Å². The molecule has 0 radical (unpaired) electrons. The number of allylic oxidation sites excluding steroid dienone is 1. The van der Waals surface area contributed by atoms with Crippen molar-refractivity contribution < 1.29 is 4.39 Å². The number of halogens is 1. The van der Waals surface area contributed by atoms with Crippen LogP contribution in [0.5, 0.6) is 0 Å². The van der Waals surface area contributed by atoms with Gasteiger partial charge in [-0.05, 0) is 30.0 Å². The average Bonchev–Trinajstić information content (AvgIpc) is 3.14. The number of aliphatic imine (C=N–C) groups is 1. The molecular weight excluding hydrogens is 291 g/mol. The molecule has 5 heteroatoms. The second-order valence-corrected chi connectivity index (χ2v) is 6.78. The third-order valence-corrected chi connectivity index (χ3v) is 5.88. The molecule has 0 spiro atoms. The maximum absolute atomic E-state index is 13.9. The van der Waals surface area contributed by atoms with Crippen molar-refractivity contribution in [3.8, 4) is 0 Å². The fourth-order valence-electron chi connectivity index (χ4n) is 2.80. The number of fused-ring (bicyclic) bond motifs is 2. The van der Waals surface area contributed by atoms with Gasteiger partial charge in [-0.25, -0.2) is 4.39 Å². The van der Waals surface area contributed by atoms with E-state index >= 15 is 0 Å². The van der Waals surface area contributed by atoms with E-state index in [1.165, 1.54) is 21.9 Å². The highest BCUT2D eigenvalue weighted by atomic mass is 32.2.